The molecule has 1 spiro atoms. The van der Waals surface area contributed by atoms with Crippen LogP contribution in [-0.4, -0.2) is 45.3 Å². The van der Waals surface area contributed by atoms with Crippen LogP contribution in [0.3, 0.4) is 0 Å². The number of carbonyl (C=O) groups excluding carboxylic acids is 2. The summed E-state index contributed by atoms with van der Waals surface area (Å²) in [6.45, 7) is 7.26. The lowest BCUT2D eigenvalue weighted by Gasteiger charge is -2.29. The molecule has 46 heavy (non-hydrogen) atoms. The van der Waals surface area contributed by atoms with Gasteiger partial charge in [0.25, 0.3) is 5.89 Å². The second-order valence-corrected chi connectivity index (χ2v) is 12.6. The van der Waals surface area contributed by atoms with E-state index in [2.05, 4.69) is 20.9 Å². The van der Waals surface area contributed by atoms with Crippen LogP contribution in [0.2, 0.25) is 0 Å². The summed E-state index contributed by atoms with van der Waals surface area (Å²) in [5.41, 5.74) is 8.17. The van der Waals surface area contributed by atoms with Gasteiger partial charge in [0.1, 0.15) is 35.4 Å². The molecule has 6 N–H and O–H groups in total. The molecule has 2 aromatic carbocycles. The van der Waals surface area contributed by atoms with Gasteiger partial charge in [-0.1, -0.05) is 58.0 Å². The predicted octanol–water partition coefficient (Wildman–Crippen LogP) is 3.13. The number of oxazole rings is 2. The number of anilines is 2. The van der Waals surface area contributed by atoms with Crippen LogP contribution in [0.1, 0.15) is 67.8 Å². The Morgan fingerprint density at radius 2 is 1.91 bits per heavy atom. The van der Waals surface area contributed by atoms with Gasteiger partial charge in [-0.3, -0.25) is 9.59 Å². The van der Waals surface area contributed by atoms with Gasteiger partial charge >= 0.3 is 0 Å². The summed E-state index contributed by atoms with van der Waals surface area (Å²) >= 11 is 0. The topological polar surface area (TPSA) is 202 Å². The maximum Gasteiger partial charge on any atom is 0.252 e. The van der Waals surface area contributed by atoms with Crippen molar-refractivity contribution in [3.05, 3.63) is 76.5 Å². The van der Waals surface area contributed by atoms with E-state index in [1.165, 1.54) is 0 Å². The summed E-state index contributed by atoms with van der Waals surface area (Å²) in [6.07, 6.45) is -1.82. The number of benzene rings is 2. The fourth-order valence-corrected chi connectivity index (χ4v) is 6.52. The van der Waals surface area contributed by atoms with E-state index in [9.17, 15) is 20.0 Å². The number of aliphatic hydroxyl groups excluding tert-OH is 1. The van der Waals surface area contributed by atoms with Gasteiger partial charge in [-0.05, 0) is 35.1 Å². The number of hydrogen-bond acceptors (Lipinski definition) is 11. The smallest absolute Gasteiger partial charge is 0.252 e. The minimum absolute atomic E-state index is 0.0160. The first-order chi connectivity index (χ1) is 22.0. The van der Waals surface area contributed by atoms with E-state index < -0.39 is 41.6 Å². The van der Waals surface area contributed by atoms with Crippen molar-refractivity contribution in [1.29, 1.82) is 5.26 Å². The van der Waals surface area contributed by atoms with Gasteiger partial charge in [-0.15, -0.1) is 0 Å². The number of amides is 2. The van der Waals surface area contributed by atoms with Crippen LogP contribution in [-0.2, 0) is 21.4 Å². The van der Waals surface area contributed by atoms with Gasteiger partial charge in [-0.25, -0.2) is 4.98 Å². The molecule has 4 bridgehead atoms. The first-order valence-corrected chi connectivity index (χ1v) is 15.2. The van der Waals surface area contributed by atoms with Crippen LogP contribution in [0.4, 0.5) is 11.6 Å². The molecule has 4 aromatic rings. The minimum Gasteiger partial charge on any atom is -0.469 e. The molecule has 2 aromatic heterocycles. The summed E-state index contributed by atoms with van der Waals surface area (Å²) in [4.78, 5) is 36.1. The molecule has 0 aliphatic carbocycles. The number of ether oxygens (including phenoxy) is 1. The fourth-order valence-electron chi connectivity index (χ4n) is 6.52. The molecule has 0 saturated carbocycles. The van der Waals surface area contributed by atoms with Gasteiger partial charge in [-0.2, -0.15) is 10.2 Å². The predicted molar refractivity (Wildman–Crippen MR) is 164 cm³/mol. The zero-order valence-corrected chi connectivity index (χ0v) is 25.6. The molecule has 3 aliphatic heterocycles. The molecule has 0 saturated heterocycles. The van der Waals surface area contributed by atoms with Crippen LogP contribution in [0.5, 0.6) is 5.75 Å². The van der Waals surface area contributed by atoms with E-state index in [1.54, 1.807) is 13.8 Å². The average Bonchev–Trinajstić information content (AvgIpc) is 3.77. The summed E-state index contributed by atoms with van der Waals surface area (Å²) in [5.74, 6) is -0.774. The van der Waals surface area contributed by atoms with Gasteiger partial charge in [0.2, 0.25) is 29.3 Å². The summed E-state index contributed by atoms with van der Waals surface area (Å²) in [7, 11) is 0. The highest BCUT2D eigenvalue weighted by Gasteiger charge is 2.61. The normalized spacial score (nSPS) is 23.3. The molecule has 2 unspecified atom stereocenters. The second-order valence-electron chi connectivity index (χ2n) is 12.6. The van der Waals surface area contributed by atoms with Crippen LogP contribution in [0, 0.1) is 23.2 Å². The van der Waals surface area contributed by atoms with Crippen LogP contribution in [0.15, 0.2) is 51.3 Å². The number of nitrogens with one attached hydrogen (secondary N) is 3. The quantitative estimate of drug-likeness (QED) is 0.219. The Balaban J connectivity index is 1.49. The average molecular weight is 624 g/mol. The number of hydrogen-bond donors (Lipinski definition) is 5. The lowest BCUT2D eigenvalue weighted by molar-refractivity contribution is -0.135. The SMILES string of the molecule is CC(C)[C@H](O)C(=O)NC1Cc2ccc3c(c2)[C@@]2(c4ccccc4NC2O3)c2oc(nc2-c2nc(C#N)c(N)o2)[C@H](C(C)C)NC1=O. The number of nitrogens with zero attached hydrogens (tertiary/aromatic N) is 3. The lowest BCUT2D eigenvalue weighted by Crippen LogP contribution is -2.52. The highest BCUT2D eigenvalue weighted by atomic mass is 16.5. The Labute approximate surface area is 264 Å². The molecular weight excluding hydrogens is 590 g/mol. The fraction of sp³-hybridized carbons (Fsp3) is 0.364. The number of aromatic nitrogens is 2. The Hall–Kier alpha value is -5.35. The van der Waals surface area contributed by atoms with E-state index in [4.69, 9.17) is 24.3 Å². The maximum atomic E-state index is 13.9. The van der Waals surface area contributed by atoms with Gasteiger partial charge in [0.15, 0.2) is 17.7 Å². The molecule has 0 fully saturated rings. The third-order valence-corrected chi connectivity index (χ3v) is 8.91. The van der Waals surface area contributed by atoms with Crippen molar-refractivity contribution in [2.45, 2.75) is 63.9 Å². The molecule has 2 amide bonds. The van der Waals surface area contributed by atoms with Crippen molar-refractivity contribution in [3.8, 4) is 23.4 Å². The van der Waals surface area contributed by atoms with Crippen molar-refractivity contribution < 1.29 is 28.3 Å². The number of rotatable bonds is 5. The van der Waals surface area contributed by atoms with Gasteiger partial charge < -0.3 is 40.4 Å². The third kappa shape index (κ3) is 4.32. The lowest BCUT2D eigenvalue weighted by atomic mass is 9.72. The zero-order valence-electron chi connectivity index (χ0n) is 25.6. The van der Waals surface area contributed by atoms with E-state index in [0.717, 1.165) is 22.4 Å². The van der Waals surface area contributed by atoms with Crippen molar-refractivity contribution >= 4 is 23.4 Å². The Morgan fingerprint density at radius 1 is 1.13 bits per heavy atom. The van der Waals surface area contributed by atoms with Gasteiger partial charge in [0, 0.05) is 17.7 Å². The van der Waals surface area contributed by atoms with Crippen LogP contribution >= 0.6 is 0 Å². The number of nitrogens with two attached hydrogens (primary N) is 1. The minimum atomic E-state index is -1.29. The highest BCUT2D eigenvalue weighted by molar-refractivity contribution is 5.90. The summed E-state index contributed by atoms with van der Waals surface area (Å²) in [6, 6.07) is 13.5. The second kappa shape index (κ2) is 10.6. The van der Waals surface area contributed by atoms with E-state index >= 15 is 0 Å². The number of fused-ring (bicyclic) bond motifs is 4. The molecule has 5 heterocycles. The zero-order chi connectivity index (χ0) is 32.5. The number of carbonyl (C=O) groups is 2. The number of aliphatic hydroxyl groups is 1. The van der Waals surface area contributed by atoms with Crippen molar-refractivity contribution in [3.63, 3.8) is 0 Å². The molecule has 13 nitrogen and oxygen atoms in total. The largest absolute Gasteiger partial charge is 0.469 e. The third-order valence-electron chi connectivity index (χ3n) is 8.91. The molecule has 0 radical (unpaired) electrons. The Bertz CT molecular complexity index is 1920. The molecule has 236 valence electrons. The number of para-hydroxylation sites is 1. The molecule has 3 aliphatic rings. The van der Waals surface area contributed by atoms with E-state index in [-0.39, 0.29) is 47.3 Å². The molecule has 7 rings (SSSR count). The monoisotopic (exact) mass is 623 g/mol. The van der Waals surface area contributed by atoms with E-state index in [0.29, 0.717) is 11.5 Å². The molecule has 5 atom stereocenters. The Kier molecular flexibility index (Phi) is 6.79. The Morgan fingerprint density at radius 3 is 2.63 bits per heavy atom. The van der Waals surface area contributed by atoms with Crippen LogP contribution in [0.25, 0.3) is 11.6 Å². The first-order valence-electron chi connectivity index (χ1n) is 15.2. The number of nitriles is 1. The van der Waals surface area contributed by atoms with Crippen molar-refractivity contribution in [1.82, 2.24) is 20.6 Å². The number of nitrogen functional groups attached to an aromatic ring is 1. The van der Waals surface area contributed by atoms with Crippen molar-refractivity contribution in [2.75, 3.05) is 11.1 Å². The first kappa shape index (κ1) is 29.4. The van der Waals surface area contributed by atoms with E-state index in [1.807, 2.05) is 62.4 Å². The molecular formula is C33H33N7O6. The van der Waals surface area contributed by atoms with Crippen molar-refractivity contribution in [2.24, 2.45) is 11.8 Å². The van der Waals surface area contributed by atoms with Gasteiger partial charge in [0.05, 0.1) is 0 Å². The summed E-state index contributed by atoms with van der Waals surface area (Å²) in [5, 5.41) is 29.4. The maximum absolute atomic E-state index is 13.9. The standard InChI is InChI=1S/C33H33N7O6/c1-14(2)23-30-40-24(31-37-21(13-34)27(35)46-31)26(45-30)33-17-7-5-6-8-19(17)38-32(33)44-22-10-9-16(11-18(22)33)12-20(28(42)39-23)36-29(43)25(41)15(3)4/h5-11,14-15,20,23,25,32,38,41H,12,35H2,1-4H3,(H,36,43)(H,39,42)/t20?,23-,25-,32?,33-/m0/s1. The summed E-state index contributed by atoms with van der Waals surface area (Å²) < 4.78 is 19.1. The highest BCUT2D eigenvalue weighted by Crippen LogP contribution is 2.59. The molecule has 13 heteroatoms. The van der Waals surface area contributed by atoms with Crippen LogP contribution < -0.4 is 26.4 Å².